The molecule has 6 nitrogen and oxygen atoms in total. The van der Waals surface area contributed by atoms with E-state index in [1.807, 2.05) is 0 Å². The van der Waals surface area contributed by atoms with Crippen molar-refractivity contribution in [2.45, 2.75) is 0 Å². The Hall–Kier alpha value is -2.60. The molecule has 0 amide bonds. The molecule has 0 aliphatic rings. The molecule has 2 aromatic carbocycles. The van der Waals surface area contributed by atoms with Crippen LogP contribution in [0.4, 0.5) is 11.4 Å². The molecule has 1 N–H and O–H groups in total. The van der Waals surface area contributed by atoms with Crippen LogP contribution < -0.4 is 10.2 Å². The number of hydrogen-bond donors (Lipinski definition) is 1. The van der Waals surface area contributed by atoms with Gasteiger partial charge in [0.2, 0.25) is 0 Å². The third-order valence-electron chi connectivity index (χ3n) is 2.66. The van der Waals surface area contributed by atoms with E-state index in [1.54, 1.807) is 37.4 Å². The standard InChI is InChI=1S/C14H12ClN3O3/c1-21-12-5-3-11(4-6-12)17-16-9-10-2-7-13(15)14(8-10)18(19)20/h2-9,17H,1H3/b16-9+. The van der Waals surface area contributed by atoms with Crippen LogP contribution in [0.25, 0.3) is 0 Å². The number of methoxy groups -OCH3 is 1. The number of ether oxygens (including phenoxy) is 1. The van der Waals surface area contributed by atoms with Crippen molar-refractivity contribution in [3.8, 4) is 5.75 Å². The minimum Gasteiger partial charge on any atom is -0.497 e. The van der Waals surface area contributed by atoms with E-state index in [9.17, 15) is 10.1 Å². The van der Waals surface area contributed by atoms with Crippen LogP contribution in [0.15, 0.2) is 47.6 Å². The molecule has 0 saturated heterocycles. The maximum absolute atomic E-state index is 10.8. The van der Waals surface area contributed by atoms with Crippen LogP contribution >= 0.6 is 11.6 Å². The first-order chi connectivity index (χ1) is 10.1. The summed E-state index contributed by atoms with van der Waals surface area (Å²) in [6.45, 7) is 0. The number of halogens is 1. The summed E-state index contributed by atoms with van der Waals surface area (Å²) in [7, 11) is 1.59. The highest BCUT2D eigenvalue weighted by Gasteiger charge is 2.11. The lowest BCUT2D eigenvalue weighted by Gasteiger charge is -2.02. The Morgan fingerprint density at radius 1 is 1.29 bits per heavy atom. The molecule has 0 radical (unpaired) electrons. The van der Waals surface area contributed by atoms with Crippen molar-refractivity contribution in [3.63, 3.8) is 0 Å². The SMILES string of the molecule is COc1ccc(N/N=C/c2ccc(Cl)c([N+](=O)[O-])c2)cc1. The third-order valence-corrected chi connectivity index (χ3v) is 2.98. The highest BCUT2D eigenvalue weighted by molar-refractivity contribution is 6.32. The monoisotopic (exact) mass is 305 g/mol. The minimum absolute atomic E-state index is 0.0975. The number of anilines is 1. The maximum atomic E-state index is 10.8. The summed E-state index contributed by atoms with van der Waals surface area (Å²) in [5.74, 6) is 0.748. The van der Waals surface area contributed by atoms with E-state index in [0.29, 0.717) is 5.56 Å². The first-order valence-corrected chi connectivity index (χ1v) is 6.35. The third kappa shape index (κ3) is 3.93. The average Bonchev–Trinajstić information content (AvgIpc) is 2.49. The summed E-state index contributed by atoms with van der Waals surface area (Å²) in [4.78, 5) is 10.2. The van der Waals surface area contributed by atoms with Crippen LogP contribution in [-0.4, -0.2) is 18.2 Å². The van der Waals surface area contributed by atoms with Crippen LogP contribution in [-0.2, 0) is 0 Å². The Balaban J connectivity index is 2.07. The van der Waals surface area contributed by atoms with E-state index in [4.69, 9.17) is 16.3 Å². The number of hydrogen-bond acceptors (Lipinski definition) is 5. The van der Waals surface area contributed by atoms with Gasteiger partial charge in [0.05, 0.1) is 23.9 Å². The van der Waals surface area contributed by atoms with E-state index >= 15 is 0 Å². The normalized spacial score (nSPS) is 10.6. The second-order valence-electron chi connectivity index (χ2n) is 4.07. The second kappa shape index (κ2) is 6.71. The predicted molar refractivity (Wildman–Crippen MR) is 82.3 cm³/mol. The zero-order chi connectivity index (χ0) is 15.2. The molecule has 0 unspecified atom stereocenters. The Morgan fingerprint density at radius 3 is 2.62 bits per heavy atom. The Labute approximate surface area is 126 Å². The van der Waals surface area contributed by atoms with E-state index in [0.717, 1.165) is 11.4 Å². The molecule has 0 aliphatic heterocycles. The lowest BCUT2D eigenvalue weighted by atomic mass is 10.2. The van der Waals surface area contributed by atoms with Crippen LogP contribution in [0, 0.1) is 10.1 Å². The number of nitrogens with zero attached hydrogens (tertiary/aromatic N) is 2. The molecule has 7 heteroatoms. The average molecular weight is 306 g/mol. The Morgan fingerprint density at radius 2 is 2.00 bits per heavy atom. The van der Waals surface area contributed by atoms with Gasteiger partial charge in [0.15, 0.2) is 0 Å². The molecule has 2 aromatic rings. The lowest BCUT2D eigenvalue weighted by Crippen LogP contribution is -1.93. The fraction of sp³-hybridized carbons (Fsp3) is 0.0714. The van der Waals surface area contributed by atoms with Crippen molar-refractivity contribution in [3.05, 3.63) is 63.2 Å². The molecule has 0 aromatic heterocycles. The van der Waals surface area contributed by atoms with Gasteiger partial charge in [-0.05, 0) is 30.3 Å². The first kappa shape index (κ1) is 14.8. The number of hydrazone groups is 1. The van der Waals surface area contributed by atoms with Crippen LogP contribution in [0.2, 0.25) is 5.02 Å². The lowest BCUT2D eigenvalue weighted by molar-refractivity contribution is -0.384. The summed E-state index contributed by atoms with van der Waals surface area (Å²) >= 11 is 5.74. The van der Waals surface area contributed by atoms with Crippen molar-refractivity contribution in [1.29, 1.82) is 0 Å². The first-order valence-electron chi connectivity index (χ1n) is 5.97. The van der Waals surface area contributed by atoms with E-state index < -0.39 is 4.92 Å². The number of nitro groups is 1. The molecule has 108 valence electrons. The summed E-state index contributed by atoms with van der Waals surface area (Å²) < 4.78 is 5.05. The van der Waals surface area contributed by atoms with Crippen LogP contribution in [0.3, 0.4) is 0 Å². The van der Waals surface area contributed by atoms with Gasteiger partial charge in [-0.1, -0.05) is 17.7 Å². The Bertz CT molecular complexity index is 672. The van der Waals surface area contributed by atoms with Gasteiger partial charge in [-0.25, -0.2) is 0 Å². The number of nitrogens with one attached hydrogen (secondary N) is 1. The molecule has 0 atom stereocenters. The highest BCUT2D eigenvalue weighted by Crippen LogP contribution is 2.24. The highest BCUT2D eigenvalue weighted by atomic mass is 35.5. The minimum atomic E-state index is -0.531. The fourth-order valence-corrected chi connectivity index (χ4v) is 1.78. The molecular weight excluding hydrogens is 294 g/mol. The summed E-state index contributed by atoms with van der Waals surface area (Å²) in [6.07, 6.45) is 1.48. The quantitative estimate of drug-likeness (QED) is 0.519. The van der Waals surface area contributed by atoms with Crippen molar-refractivity contribution < 1.29 is 9.66 Å². The van der Waals surface area contributed by atoms with E-state index in [-0.39, 0.29) is 10.7 Å². The van der Waals surface area contributed by atoms with Crippen molar-refractivity contribution in [2.24, 2.45) is 5.10 Å². The predicted octanol–water partition coefficient (Wildman–Crippen LogP) is 3.70. The number of rotatable bonds is 5. The van der Waals surface area contributed by atoms with E-state index in [2.05, 4.69) is 10.5 Å². The maximum Gasteiger partial charge on any atom is 0.288 e. The van der Waals surface area contributed by atoms with Gasteiger partial charge in [-0.15, -0.1) is 0 Å². The molecule has 0 aliphatic carbocycles. The zero-order valence-electron chi connectivity index (χ0n) is 11.1. The number of benzene rings is 2. The molecular formula is C14H12ClN3O3. The summed E-state index contributed by atoms with van der Waals surface area (Å²) in [6, 6.07) is 11.7. The molecule has 21 heavy (non-hydrogen) atoms. The Kier molecular flexibility index (Phi) is 4.73. The van der Waals surface area contributed by atoms with Crippen LogP contribution in [0.5, 0.6) is 5.75 Å². The molecule has 0 heterocycles. The molecule has 0 fully saturated rings. The van der Waals surface area contributed by atoms with Gasteiger partial charge in [0, 0.05) is 11.6 Å². The number of nitro benzene ring substituents is 1. The second-order valence-corrected chi connectivity index (χ2v) is 4.47. The molecule has 2 rings (SSSR count). The summed E-state index contributed by atoms with van der Waals surface area (Å²) in [5.41, 5.74) is 4.02. The molecule has 0 bridgehead atoms. The molecule has 0 saturated carbocycles. The van der Waals surface area contributed by atoms with Gasteiger partial charge in [-0.3, -0.25) is 15.5 Å². The van der Waals surface area contributed by atoms with Gasteiger partial charge in [-0.2, -0.15) is 5.10 Å². The van der Waals surface area contributed by atoms with E-state index in [1.165, 1.54) is 18.3 Å². The van der Waals surface area contributed by atoms with Gasteiger partial charge < -0.3 is 4.74 Å². The fourth-order valence-electron chi connectivity index (χ4n) is 1.60. The van der Waals surface area contributed by atoms with Crippen molar-refractivity contribution >= 4 is 29.2 Å². The smallest absolute Gasteiger partial charge is 0.288 e. The summed E-state index contributed by atoms with van der Waals surface area (Å²) in [5, 5.41) is 14.9. The topological polar surface area (TPSA) is 76.8 Å². The zero-order valence-corrected chi connectivity index (χ0v) is 11.9. The van der Waals surface area contributed by atoms with Crippen molar-refractivity contribution in [1.82, 2.24) is 0 Å². The van der Waals surface area contributed by atoms with Crippen molar-refractivity contribution in [2.75, 3.05) is 12.5 Å². The van der Waals surface area contributed by atoms with Gasteiger partial charge in [0.25, 0.3) is 5.69 Å². The molecule has 0 spiro atoms. The van der Waals surface area contributed by atoms with Crippen LogP contribution in [0.1, 0.15) is 5.56 Å². The van der Waals surface area contributed by atoms with Gasteiger partial charge >= 0.3 is 0 Å². The van der Waals surface area contributed by atoms with Gasteiger partial charge in [0.1, 0.15) is 10.8 Å². The largest absolute Gasteiger partial charge is 0.497 e.